The lowest BCUT2D eigenvalue weighted by atomic mass is 9.77. The predicted octanol–water partition coefficient (Wildman–Crippen LogP) is 7.40. The summed E-state index contributed by atoms with van der Waals surface area (Å²) in [5.41, 5.74) is 2.34. The van der Waals surface area contributed by atoms with E-state index in [2.05, 4.69) is 36.5 Å². The van der Waals surface area contributed by atoms with Gasteiger partial charge in [-0.25, -0.2) is 9.59 Å². The molecule has 1 N–H and O–H groups in total. The Morgan fingerprint density at radius 3 is 2.17 bits per heavy atom. The number of nitrogens with one attached hydrogen (secondary N) is 1. The molecule has 0 radical (unpaired) electrons. The fraction of sp³-hybridized carbons (Fsp3) is 0.448. The second kappa shape index (κ2) is 9.52. The number of nitrogens with zero attached hydrogens (tertiary/aromatic N) is 1. The molecule has 3 aromatic rings. The number of aromatic nitrogens is 1. The maximum Gasteiger partial charge on any atom is 0.419 e. The molecule has 1 saturated carbocycles. The standard InChI is InChI=1S/C29H36N2O5/c1-18-8-10-19(11-9-18)20-14-22(15-20)34-21-12-13-25-23(16-21)24(30-26(32)35-28(2,3)4)17-31(25)27(33)36-29(5,6)7/h8-13,16-17,20,22H,14-15H2,1-7H3,(H,30,32). The molecule has 0 atom stereocenters. The Balaban J connectivity index is 1.55. The summed E-state index contributed by atoms with van der Waals surface area (Å²) in [6.45, 7) is 12.9. The van der Waals surface area contributed by atoms with Gasteiger partial charge >= 0.3 is 12.2 Å². The molecule has 2 aromatic carbocycles. The number of anilines is 1. The number of fused-ring (bicyclic) bond motifs is 1. The highest BCUT2D eigenvalue weighted by Gasteiger charge is 2.32. The minimum Gasteiger partial charge on any atom is -0.490 e. The highest BCUT2D eigenvalue weighted by molar-refractivity contribution is 6.03. The lowest BCUT2D eigenvalue weighted by Crippen LogP contribution is -2.32. The summed E-state index contributed by atoms with van der Waals surface area (Å²) in [7, 11) is 0. The molecule has 192 valence electrons. The number of amides is 1. The molecule has 0 bridgehead atoms. The Bertz CT molecular complexity index is 1260. The molecule has 1 amide bonds. The minimum atomic E-state index is -0.659. The van der Waals surface area contributed by atoms with E-state index in [0.29, 0.717) is 28.3 Å². The van der Waals surface area contributed by atoms with Crippen LogP contribution in [0.2, 0.25) is 0 Å². The Hall–Kier alpha value is -3.48. The van der Waals surface area contributed by atoms with E-state index in [1.54, 1.807) is 27.0 Å². The zero-order chi connectivity index (χ0) is 26.3. The van der Waals surface area contributed by atoms with E-state index < -0.39 is 23.4 Å². The van der Waals surface area contributed by atoms with Crippen LogP contribution in [-0.4, -0.2) is 34.1 Å². The summed E-state index contributed by atoms with van der Waals surface area (Å²) in [6.07, 6.45) is 2.44. The molecular formula is C29H36N2O5. The SMILES string of the molecule is Cc1ccc(C2CC(Oc3ccc4c(c3)c(NC(=O)OC(C)(C)C)cn4C(=O)OC(C)(C)C)C2)cc1. The Kier molecular flexibility index (Phi) is 6.78. The zero-order valence-electron chi connectivity index (χ0n) is 22.2. The molecule has 0 aliphatic heterocycles. The lowest BCUT2D eigenvalue weighted by molar-refractivity contribution is 0.0541. The summed E-state index contributed by atoms with van der Waals surface area (Å²) >= 11 is 0. The van der Waals surface area contributed by atoms with Crippen LogP contribution in [0.5, 0.6) is 5.75 Å². The van der Waals surface area contributed by atoms with Gasteiger partial charge < -0.3 is 14.2 Å². The normalized spacial score (nSPS) is 17.9. The largest absolute Gasteiger partial charge is 0.490 e. The minimum absolute atomic E-state index is 0.115. The number of hydrogen-bond acceptors (Lipinski definition) is 5. The van der Waals surface area contributed by atoms with Crippen molar-refractivity contribution in [3.63, 3.8) is 0 Å². The number of benzene rings is 2. The van der Waals surface area contributed by atoms with Crippen molar-refractivity contribution in [1.82, 2.24) is 4.57 Å². The van der Waals surface area contributed by atoms with Crippen LogP contribution in [0.3, 0.4) is 0 Å². The summed E-state index contributed by atoms with van der Waals surface area (Å²) in [5.74, 6) is 1.18. The van der Waals surface area contributed by atoms with Crippen LogP contribution in [0, 0.1) is 6.92 Å². The van der Waals surface area contributed by atoms with Crippen molar-refractivity contribution in [3.8, 4) is 5.75 Å². The van der Waals surface area contributed by atoms with Gasteiger partial charge in [-0.15, -0.1) is 0 Å². The van der Waals surface area contributed by atoms with Crippen LogP contribution < -0.4 is 10.1 Å². The first-order valence-corrected chi connectivity index (χ1v) is 12.4. The first-order valence-electron chi connectivity index (χ1n) is 12.4. The third kappa shape index (κ3) is 6.20. The van der Waals surface area contributed by atoms with Crippen LogP contribution in [-0.2, 0) is 9.47 Å². The number of hydrogen-bond donors (Lipinski definition) is 1. The Morgan fingerprint density at radius 2 is 1.56 bits per heavy atom. The molecule has 4 rings (SSSR count). The molecule has 7 nitrogen and oxygen atoms in total. The van der Waals surface area contributed by atoms with Gasteiger partial charge in [0.25, 0.3) is 0 Å². The lowest BCUT2D eigenvalue weighted by Gasteiger charge is -2.35. The fourth-order valence-corrected chi connectivity index (χ4v) is 4.22. The number of ether oxygens (including phenoxy) is 3. The van der Waals surface area contributed by atoms with Crippen molar-refractivity contribution in [2.75, 3.05) is 5.32 Å². The summed E-state index contributed by atoms with van der Waals surface area (Å²) in [4.78, 5) is 25.4. The predicted molar refractivity (Wildman–Crippen MR) is 141 cm³/mol. The highest BCUT2D eigenvalue weighted by Crippen LogP contribution is 2.40. The van der Waals surface area contributed by atoms with E-state index in [0.717, 1.165) is 12.8 Å². The van der Waals surface area contributed by atoms with E-state index in [1.165, 1.54) is 15.7 Å². The smallest absolute Gasteiger partial charge is 0.419 e. The summed E-state index contributed by atoms with van der Waals surface area (Å²) < 4.78 is 18.6. The van der Waals surface area contributed by atoms with Crippen molar-refractivity contribution in [2.45, 2.75) is 84.5 Å². The first kappa shape index (κ1) is 25.6. The van der Waals surface area contributed by atoms with Crippen molar-refractivity contribution >= 4 is 28.8 Å². The van der Waals surface area contributed by atoms with Crippen LogP contribution in [0.4, 0.5) is 15.3 Å². The second-order valence-electron chi connectivity index (χ2n) is 11.5. The van der Waals surface area contributed by atoms with Gasteiger partial charge in [-0.1, -0.05) is 29.8 Å². The summed E-state index contributed by atoms with van der Waals surface area (Å²) in [6, 6.07) is 14.2. The van der Waals surface area contributed by atoms with Gasteiger partial charge in [0.2, 0.25) is 0 Å². The number of rotatable bonds is 4. The van der Waals surface area contributed by atoms with E-state index in [1.807, 2.05) is 39.0 Å². The molecule has 0 unspecified atom stereocenters. The van der Waals surface area contributed by atoms with E-state index in [9.17, 15) is 9.59 Å². The maximum atomic E-state index is 12.9. The van der Waals surface area contributed by atoms with Gasteiger partial charge in [0, 0.05) is 11.6 Å². The van der Waals surface area contributed by atoms with Crippen LogP contribution >= 0.6 is 0 Å². The average Bonchev–Trinajstić information content (AvgIpc) is 3.06. The molecule has 36 heavy (non-hydrogen) atoms. The molecule has 1 heterocycles. The van der Waals surface area contributed by atoms with Crippen LogP contribution in [0.25, 0.3) is 10.9 Å². The van der Waals surface area contributed by atoms with Crippen LogP contribution in [0.15, 0.2) is 48.7 Å². The second-order valence-corrected chi connectivity index (χ2v) is 11.5. The molecule has 7 heteroatoms. The Labute approximate surface area is 212 Å². The molecule has 1 aromatic heterocycles. The van der Waals surface area contributed by atoms with Gasteiger partial charge in [-0.05, 0) is 91.0 Å². The number of carbonyl (C=O) groups is 2. The molecule has 1 aliphatic rings. The number of carbonyl (C=O) groups excluding carboxylic acids is 2. The van der Waals surface area contributed by atoms with Gasteiger partial charge in [-0.3, -0.25) is 9.88 Å². The summed E-state index contributed by atoms with van der Waals surface area (Å²) in [5, 5.41) is 3.44. The average molecular weight is 493 g/mol. The van der Waals surface area contributed by atoms with Crippen molar-refractivity contribution in [2.24, 2.45) is 0 Å². The van der Waals surface area contributed by atoms with E-state index in [-0.39, 0.29) is 6.10 Å². The van der Waals surface area contributed by atoms with E-state index in [4.69, 9.17) is 14.2 Å². The van der Waals surface area contributed by atoms with Crippen molar-refractivity contribution in [3.05, 3.63) is 59.8 Å². The van der Waals surface area contributed by atoms with Crippen molar-refractivity contribution in [1.29, 1.82) is 0 Å². The molecular weight excluding hydrogens is 456 g/mol. The topological polar surface area (TPSA) is 78.8 Å². The maximum absolute atomic E-state index is 12.9. The first-order chi connectivity index (χ1) is 16.8. The highest BCUT2D eigenvalue weighted by atomic mass is 16.6. The van der Waals surface area contributed by atoms with Gasteiger partial charge in [0.1, 0.15) is 17.0 Å². The van der Waals surface area contributed by atoms with E-state index >= 15 is 0 Å². The number of aryl methyl sites for hydroxylation is 1. The molecule has 1 aliphatic carbocycles. The van der Waals surface area contributed by atoms with Gasteiger partial charge in [0.15, 0.2) is 0 Å². The quantitative estimate of drug-likeness (QED) is 0.410. The van der Waals surface area contributed by atoms with Crippen molar-refractivity contribution < 1.29 is 23.8 Å². The Morgan fingerprint density at radius 1 is 0.917 bits per heavy atom. The molecule has 1 fully saturated rings. The molecule has 0 spiro atoms. The van der Waals surface area contributed by atoms with Crippen LogP contribution in [0.1, 0.15) is 71.4 Å². The van der Waals surface area contributed by atoms with Gasteiger partial charge in [0.05, 0.1) is 17.3 Å². The third-order valence-electron chi connectivity index (χ3n) is 5.95. The molecule has 0 saturated heterocycles. The van der Waals surface area contributed by atoms with Gasteiger partial charge in [-0.2, -0.15) is 0 Å². The monoisotopic (exact) mass is 492 g/mol. The fourth-order valence-electron chi connectivity index (χ4n) is 4.22. The third-order valence-corrected chi connectivity index (χ3v) is 5.95. The zero-order valence-corrected chi connectivity index (χ0v) is 22.2.